The van der Waals surface area contributed by atoms with Gasteiger partial charge in [-0.05, 0) is 44.4 Å². The molecular weight excluding hydrogens is 482 g/mol. The average Bonchev–Trinajstić information content (AvgIpc) is 3.67. The van der Waals surface area contributed by atoms with Gasteiger partial charge in [-0.1, -0.05) is 18.0 Å². The molecule has 1 saturated carbocycles. The zero-order valence-corrected chi connectivity index (χ0v) is 20.5. The number of hydrogen-bond donors (Lipinski definition) is 3. The van der Waals surface area contributed by atoms with Gasteiger partial charge < -0.3 is 15.2 Å². The fourth-order valence-corrected chi connectivity index (χ4v) is 5.36. The summed E-state index contributed by atoms with van der Waals surface area (Å²) in [5, 5.41) is 16.6. The van der Waals surface area contributed by atoms with Gasteiger partial charge in [0, 0.05) is 43.5 Å². The summed E-state index contributed by atoms with van der Waals surface area (Å²) in [5.74, 6) is -2.65. The highest BCUT2D eigenvalue weighted by molar-refractivity contribution is 5.94. The monoisotopic (exact) mass is 512 g/mol. The fraction of sp³-hybridized carbons (Fsp3) is 0.462. The molecule has 37 heavy (non-hydrogen) atoms. The van der Waals surface area contributed by atoms with E-state index in [4.69, 9.17) is 4.52 Å². The molecule has 3 N–H and O–H groups in total. The predicted molar refractivity (Wildman–Crippen MR) is 130 cm³/mol. The summed E-state index contributed by atoms with van der Waals surface area (Å²) in [6.45, 7) is 3.20. The Morgan fingerprint density at radius 3 is 2.70 bits per heavy atom. The lowest BCUT2D eigenvalue weighted by Gasteiger charge is -2.41. The summed E-state index contributed by atoms with van der Waals surface area (Å²) < 4.78 is 32.6. The van der Waals surface area contributed by atoms with Gasteiger partial charge in [0.1, 0.15) is 11.6 Å². The summed E-state index contributed by atoms with van der Waals surface area (Å²) in [6.07, 6.45) is 6.87. The number of rotatable bonds is 7. The molecule has 2 aliphatic rings. The molecule has 1 aliphatic heterocycles. The Morgan fingerprint density at radius 2 is 1.97 bits per heavy atom. The van der Waals surface area contributed by atoms with E-state index in [-0.39, 0.29) is 29.0 Å². The molecule has 2 amide bonds. The minimum atomic E-state index is -0.814. The second-order valence-corrected chi connectivity index (χ2v) is 9.85. The summed E-state index contributed by atoms with van der Waals surface area (Å²) in [5.41, 5.74) is 0.755. The SMILES string of the molecule is C[C@@H](NC(=O)[C@H]1CN(C2CCCC2)CC[C@@H]1NC(=O)c1cc(-c2ccc(F)cc2F)on1)c1ccn[nH]1. The summed E-state index contributed by atoms with van der Waals surface area (Å²) in [7, 11) is 0. The van der Waals surface area contributed by atoms with Crippen LogP contribution in [0.1, 0.15) is 61.3 Å². The largest absolute Gasteiger partial charge is 0.355 e. The first-order valence-electron chi connectivity index (χ1n) is 12.7. The van der Waals surface area contributed by atoms with Crippen LogP contribution in [0.5, 0.6) is 0 Å². The van der Waals surface area contributed by atoms with Gasteiger partial charge in [0.2, 0.25) is 5.91 Å². The molecule has 0 bridgehead atoms. The topological polar surface area (TPSA) is 116 Å². The van der Waals surface area contributed by atoms with Gasteiger partial charge >= 0.3 is 0 Å². The number of nitrogens with one attached hydrogen (secondary N) is 3. The van der Waals surface area contributed by atoms with E-state index in [1.165, 1.54) is 25.0 Å². The number of amides is 2. The average molecular weight is 513 g/mol. The van der Waals surface area contributed by atoms with Gasteiger partial charge in [-0.25, -0.2) is 8.78 Å². The minimum absolute atomic E-state index is 0.00266. The van der Waals surface area contributed by atoms with Crippen molar-refractivity contribution in [3.05, 3.63) is 59.6 Å². The number of hydrogen-bond acceptors (Lipinski definition) is 6. The van der Waals surface area contributed by atoms with Gasteiger partial charge in [-0.3, -0.25) is 19.6 Å². The van der Waals surface area contributed by atoms with E-state index in [9.17, 15) is 18.4 Å². The highest BCUT2D eigenvalue weighted by Gasteiger charge is 2.39. The zero-order chi connectivity index (χ0) is 25.9. The molecule has 3 atom stereocenters. The Hall–Kier alpha value is -3.60. The molecule has 0 unspecified atom stereocenters. The maximum atomic E-state index is 14.1. The predicted octanol–water partition coefficient (Wildman–Crippen LogP) is 3.58. The molecule has 1 saturated heterocycles. The summed E-state index contributed by atoms with van der Waals surface area (Å²) >= 11 is 0. The summed E-state index contributed by atoms with van der Waals surface area (Å²) in [6, 6.07) is 5.97. The number of likely N-dealkylation sites (tertiary alicyclic amines) is 1. The molecule has 0 radical (unpaired) electrons. The third kappa shape index (κ3) is 5.56. The normalized spacial score (nSPS) is 21.6. The third-order valence-electron chi connectivity index (χ3n) is 7.43. The van der Waals surface area contributed by atoms with Crippen LogP contribution in [0, 0.1) is 17.6 Å². The van der Waals surface area contributed by atoms with E-state index in [0.29, 0.717) is 19.0 Å². The van der Waals surface area contributed by atoms with Crippen LogP contribution >= 0.6 is 0 Å². The van der Waals surface area contributed by atoms with Gasteiger partial charge in [0.15, 0.2) is 11.5 Å². The first-order chi connectivity index (χ1) is 17.9. The van der Waals surface area contributed by atoms with E-state index in [0.717, 1.165) is 37.2 Å². The molecule has 5 rings (SSSR count). The number of nitrogens with zero attached hydrogens (tertiary/aromatic N) is 3. The number of aromatic amines is 1. The van der Waals surface area contributed by atoms with Gasteiger partial charge in [-0.2, -0.15) is 5.10 Å². The molecular formula is C26H30F2N6O3. The summed E-state index contributed by atoms with van der Waals surface area (Å²) in [4.78, 5) is 28.8. The minimum Gasteiger partial charge on any atom is -0.355 e. The van der Waals surface area contributed by atoms with Crippen LogP contribution in [0.2, 0.25) is 0 Å². The quantitative estimate of drug-likeness (QED) is 0.446. The third-order valence-corrected chi connectivity index (χ3v) is 7.43. The van der Waals surface area contributed by atoms with Crippen LogP contribution in [0.25, 0.3) is 11.3 Å². The van der Waals surface area contributed by atoms with Crippen molar-refractivity contribution < 1.29 is 22.9 Å². The second-order valence-electron chi connectivity index (χ2n) is 9.85. The van der Waals surface area contributed by atoms with Crippen LogP contribution in [0.3, 0.4) is 0 Å². The Morgan fingerprint density at radius 1 is 1.16 bits per heavy atom. The van der Waals surface area contributed by atoms with Crippen LogP contribution < -0.4 is 10.6 Å². The number of H-pyrrole nitrogens is 1. The number of piperidine rings is 1. The fourth-order valence-electron chi connectivity index (χ4n) is 5.36. The van der Waals surface area contributed by atoms with E-state index in [2.05, 4.69) is 30.9 Å². The lowest BCUT2D eigenvalue weighted by molar-refractivity contribution is -0.128. The Balaban J connectivity index is 1.30. The van der Waals surface area contributed by atoms with Crippen molar-refractivity contribution in [2.45, 2.75) is 57.2 Å². The van der Waals surface area contributed by atoms with E-state index < -0.39 is 29.5 Å². The lowest BCUT2D eigenvalue weighted by Crippen LogP contribution is -2.57. The van der Waals surface area contributed by atoms with Crippen LogP contribution in [-0.2, 0) is 4.79 Å². The van der Waals surface area contributed by atoms with Crippen LogP contribution in [-0.4, -0.2) is 57.2 Å². The Labute approximate surface area is 213 Å². The molecule has 3 aromatic rings. The Kier molecular flexibility index (Phi) is 7.31. The molecule has 0 spiro atoms. The van der Waals surface area contributed by atoms with Crippen molar-refractivity contribution in [1.82, 2.24) is 30.9 Å². The zero-order valence-electron chi connectivity index (χ0n) is 20.5. The van der Waals surface area contributed by atoms with Crippen molar-refractivity contribution >= 4 is 11.8 Å². The highest BCUT2D eigenvalue weighted by Crippen LogP contribution is 2.29. The van der Waals surface area contributed by atoms with Crippen molar-refractivity contribution in [2.24, 2.45) is 5.92 Å². The van der Waals surface area contributed by atoms with Crippen molar-refractivity contribution in [3.63, 3.8) is 0 Å². The van der Waals surface area contributed by atoms with Gasteiger partial charge in [0.05, 0.1) is 23.2 Å². The van der Waals surface area contributed by atoms with Crippen LogP contribution in [0.15, 0.2) is 41.1 Å². The van der Waals surface area contributed by atoms with Crippen LogP contribution in [0.4, 0.5) is 8.78 Å². The van der Waals surface area contributed by atoms with Crippen molar-refractivity contribution in [2.75, 3.05) is 13.1 Å². The van der Waals surface area contributed by atoms with Crippen molar-refractivity contribution in [1.29, 1.82) is 0 Å². The smallest absolute Gasteiger partial charge is 0.273 e. The van der Waals surface area contributed by atoms with Gasteiger partial charge in [-0.15, -0.1) is 0 Å². The van der Waals surface area contributed by atoms with E-state index in [1.54, 1.807) is 6.20 Å². The molecule has 9 nitrogen and oxygen atoms in total. The number of benzene rings is 1. The van der Waals surface area contributed by atoms with Gasteiger partial charge in [0.25, 0.3) is 5.91 Å². The van der Waals surface area contributed by atoms with E-state index in [1.807, 2.05) is 13.0 Å². The van der Waals surface area contributed by atoms with Crippen molar-refractivity contribution in [3.8, 4) is 11.3 Å². The first kappa shape index (κ1) is 25.1. The Bertz CT molecular complexity index is 1240. The first-order valence-corrected chi connectivity index (χ1v) is 12.7. The second kappa shape index (κ2) is 10.8. The van der Waals surface area contributed by atoms with E-state index >= 15 is 0 Å². The number of carbonyl (C=O) groups excluding carboxylic acids is 2. The number of aromatic nitrogens is 3. The number of carbonyl (C=O) groups is 2. The molecule has 1 aromatic carbocycles. The molecule has 11 heteroatoms. The molecule has 2 aromatic heterocycles. The number of halogens is 2. The molecule has 1 aliphatic carbocycles. The molecule has 196 valence electrons. The highest BCUT2D eigenvalue weighted by atomic mass is 19.1. The maximum Gasteiger partial charge on any atom is 0.273 e. The molecule has 2 fully saturated rings. The standard InChI is InChI=1S/C26H30F2N6O3/c1-15(21-8-10-29-32-21)30-25(35)19-14-34(17-4-2-3-5-17)11-9-22(19)31-26(36)23-13-24(37-33-23)18-7-6-16(27)12-20(18)28/h6-8,10,12-13,15,17,19,22H,2-5,9,11,14H2,1H3,(H,29,32)(H,30,35)(H,31,36)/t15-,19+,22+/m1/s1. The molecule has 3 heterocycles. The lowest BCUT2D eigenvalue weighted by atomic mass is 9.89. The maximum absolute atomic E-state index is 14.1.